The highest BCUT2D eigenvalue weighted by Crippen LogP contribution is 2.13. The van der Waals surface area contributed by atoms with E-state index >= 15 is 0 Å². The van der Waals surface area contributed by atoms with Gasteiger partial charge in [0.15, 0.2) is 5.96 Å². The highest BCUT2D eigenvalue weighted by Gasteiger charge is 2.23. The second-order valence-corrected chi connectivity index (χ2v) is 7.90. The fourth-order valence-corrected chi connectivity index (χ4v) is 3.21. The summed E-state index contributed by atoms with van der Waals surface area (Å²) < 4.78 is 0. The molecule has 0 fully saturated rings. The van der Waals surface area contributed by atoms with Crippen LogP contribution in [0.5, 0.6) is 0 Å². The summed E-state index contributed by atoms with van der Waals surface area (Å²) >= 11 is 0. The van der Waals surface area contributed by atoms with Gasteiger partial charge < -0.3 is 16.0 Å². The summed E-state index contributed by atoms with van der Waals surface area (Å²) in [6.07, 6.45) is 16.5. The number of unbranched alkanes of at least 4 members (excludes halogenated alkanes) is 11. The molecule has 0 saturated heterocycles. The molecule has 1 heterocycles. The van der Waals surface area contributed by atoms with Crippen molar-refractivity contribution in [3.63, 3.8) is 0 Å². The largest absolute Gasteiger partial charge is 0.370 e. The van der Waals surface area contributed by atoms with Gasteiger partial charge in [0, 0.05) is 13.6 Å². The average Bonchev–Trinajstić information content (AvgIpc) is 2.53. The van der Waals surface area contributed by atoms with Gasteiger partial charge in [-0.05, 0) is 20.3 Å². The van der Waals surface area contributed by atoms with Crippen molar-refractivity contribution >= 4 is 24.3 Å². The molecular formula is C20H42ClN5. The van der Waals surface area contributed by atoms with Crippen LogP contribution in [0.1, 0.15) is 97.8 Å². The minimum atomic E-state index is -0.369. The van der Waals surface area contributed by atoms with Crippen molar-refractivity contribution in [2.75, 3.05) is 13.6 Å². The molecule has 3 N–H and O–H groups in total. The Kier molecular flexibility index (Phi) is 13.6. The second kappa shape index (κ2) is 14.1. The smallest absolute Gasteiger partial charge is 0.225 e. The molecular weight excluding hydrogens is 346 g/mol. The lowest BCUT2D eigenvalue weighted by Gasteiger charge is -2.30. The van der Waals surface area contributed by atoms with Crippen LogP contribution in [0.4, 0.5) is 0 Å². The lowest BCUT2D eigenvalue weighted by Crippen LogP contribution is -2.51. The van der Waals surface area contributed by atoms with E-state index in [9.17, 15) is 0 Å². The van der Waals surface area contributed by atoms with Gasteiger partial charge in [0.05, 0.1) is 0 Å². The maximum absolute atomic E-state index is 5.84. The first-order valence-corrected chi connectivity index (χ1v) is 10.4. The van der Waals surface area contributed by atoms with Crippen molar-refractivity contribution in [2.45, 2.75) is 103 Å². The van der Waals surface area contributed by atoms with Gasteiger partial charge >= 0.3 is 0 Å². The van der Waals surface area contributed by atoms with Gasteiger partial charge in [-0.2, -0.15) is 4.99 Å². The van der Waals surface area contributed by atoms with E-state index in [2.05, 4.69) is 34.2 Å². The Morgan fingerprint density at radius 3 is 1.81 bits per heavy atom. The molecule has 154 valence electrons. The quantitative estimate of drug-likeness (QED) is 0.434. The fourth-order valence-electron chi connectivity index (χ4n) is 3.21. The molecule has 0 aliphatic carbocycles. The Morgan fingerprint density at radius 1 is 0.885 bits per heavy atom. The zero-order valence-electron chi connectivity index (χ0n) is 17.5. The van der Waals surface area contributed by atoms with Crippen molar-refractivity contribution in [1.82, 2.24) is 10.2 Å². The number of hydrogen-bond acceptors (Lipinski definition) is 5. The van der Waals surface area contributed by atoms with Gasteiger partial charge in [0.1, 0.15) is 5.66 Å². The van der Waals surface area contributed by atoms with E-state index in [1.165, 1.54) is 77.0 Å². The predicted molar refractivity (Wildman–Crippen MR) is 117 cm³/mol. The summed E-state index contributed by atoms with van der Waals surface area (Å²) in [6, 6.07) is 0. The molecule has 0 unspecified atom stereocenters. The van der Waals surface area contributed by atoms with Gasteiger partial charge in [-0.15, -0.1) is 12.4 Å². The molecule has 0 radical (unpaired) electrons. The number of nitrogens with two attached hydrogens (primary N) is 1. The molecule has 0 aromatic heterocycles. The minimum Gasteiger partial charge on any atom is -0.370 e. The lowest BCUT2D eigenvalue weighted by molar-refractivity contribution is 0.424. The van der Waals surface area contributed by atoms with E-state index in [0.717, 1.165) is 12.5 Å². The number of nitrogens with zero attached hydrogens (tertiary/aromatic N) is 3. The molecule has 0 amide bonds. The molecule has 6 heteroatoms. The third-order valence-electron chi connectivity index (χ3n) is 4.72. The van der Waals surface area contributed by atoms with Gasteiger partial charge in [0.2, 0.25) is 5.96 Å². The number of nitrogens with one attached hydrogen (secondary N) is 1. The van der Waals surface area contributed by atoms with E-state index in [1.807, 2.05) is 13.8 Å². The molecule has 5 nitrogen and oxygen atoms in total. The number of rotatable bonds is 13. The molecule has 1 aliphatic heterocycles. The molecule has 0 bridgehead atoms. The van der Waals surface area contributed by atoms with E-state index in [-0.39, 0.29) is 18.1 Å². The maximum Gasteiger partial charge on any atom is 0.225 e. The Hall–Kier alpha value is -0.970. The lowest BCUT2D eigenvalue weighted by atomic mass is 10.1. The Bertz CT molecular complexity index is 420. The van der Waals surface area contributed by atoms with Gasteiger partial charge in [0.25, 0.3) is 0 Å². The van der Waals surface area contributed by atoms with Crippen LogP contribution in [0.2, 0.25) is 0 Å². The molecule has 0 spiro atoms. The van der Waals surface area contributed by atoms with E-state index in [4.69, 9.17) is 5.73 Å². The maximum atomic E-state index is 5.84. The van der Waals surface area contributed by atoms with Crippen LogP contribution in [0.25, 0.3) is 0 Å². The number of aliphatic imine (C=N–C) groups is 2. The van der Waals surface area contributed by atoms with Gasteiger partial charge in [-0.1, -0.05) is 77.6 Å². The number of halogens is 1. The fraction of sp³-hybridized carbons (Fsp3) is 0.900. The van der Waals surface area contributed by atoms with Crippen LogP contribution in [0.3, 0.4) is 0 Å². The molecule has 0 atom stereocenters. The SMILES string of the molecule is CCCCCCCCCCCCCCN(C)C1=NC(C)(C)NC(N)=N1.Cl. The summed E-state index contributed by atoms with van der Waals surface area (Å²) in [5, 5.41) is 3.07. The van der Waals surface area contributed by atoms with Crippen molar-refractivity contribution in [1.29, 1.82) is 0 Å². The Labute approximate surface area is 167 Å². The summed E-state index contributed by atoms with van der Waals surface area (Å²) in [7, 11) is 2.05. The predicted octanol–water partition coefficient (Wildman–Crippen LogP) is 5.05. The Morgan fingerprint density at radius 2 is 1.35 bits per heavy atom. The first kappa shape index (κ1) is 25.0. The van der Waals surface area contributed by atoms with Crippen LogP contribution >= 0.6 is 12.4 Å². The summed E-state index contributed by atoms with van der Waals surface area (Å²) in [4.78, 5) is 11.0. The summed E-state index contributed by atoms with van der Waals surface area (Å²) in [5.74, 6) is 1.20. The van der Waals surface area contributed by atoms with Crippen LogP contribution in [-0.2, 0) is 0 Å². The highest BCUT2D eigenvalue weighted by atomic mass is 35.5. The van der Waals surface area contributed by atoms with Crippen molar-refractivity contribution in [2.24, 2.45) is 15.7 Å². The first-order valence-electron chi connectivity index (χ1n) is 10.4. The zero-order chi connectivity index (χ0) is 18.5. The average molecular weight is 388 g/mol. The topological polar surface area (TPSA) is 66.0 Å². The molecule has 1 aliphatic rings. The van der Waals surface area contributed by atoms with Crippen LogP contribution in [0, 0.1) is 0 Å². The minimum absolute atomic E-state index is 0. The number of guanidine groups is 2. The standard InChI is InChI=1S/C20H41N5.ClH/c1-5-6-7-8-9-10-11-12-13-14-15-16-17-25(4)19-22-18(21)23-20(2,3)24-19;/h5-17H2,1-4H3,(H3,21,22,23,24);1H. The van der Waals surface area contributed by atoms with E-state index < -0.39 is 0 Å². The van der Waals surface area contributed by atoms with Gasteiger partial charge in [-0.25, -0.2) is 4.99 Å². The number of hydrogen-bond donors (Lipinski definition) is 2. The highest BCUT2D eigenvalue weighted by molar-refractivity contribution is 5.96. The molecule has 0 saturated carbocycles. The third-order valence-corrected chi connectivity index (χ3v) is 4.72. The zero-order valence-corrected chi connectivity index (χ0v) is 18.3. The normalized spacial score (nSPS) is 15.5. The van der Waals surface area contributed by atoms with Crippen molar-refractivity contribution in [3.05, 3.63) is 0 Å². The van der Waals surface area contributed by atoms with Crippen LogP contribution < -0.4 is 11.1 Å². The van der Waals surface area contributed by atoms with E-state index in [0.29, 0.717) is 5.96 Å². The summed E-state index contributed by atoms with van der Waals surface area (Å²) in [6.45, 7) is 7.28. The monoisotopic (exact) mass is 387 g/mol. The molecule has 0 aromatic rings. The van der Waals surface area contributed by atoms with Crippen molar-refractivity contribution in [3.8, 4) is 0 Å². The van der Waals surface area contributed by atoms with Crippen molar-refractivity contribution < 1.29 is 0 Å². The molecule has 1 rings (SSSR count). The molecule has 26 heavy (non-hydrogen) atoms. The first-order chi connectivity index (χ1) is 11.9. The van der Waals surface area contributed by atoms with Gasteiger partial charge in [-0.3, -0.25) is 0 Å². The summed E-state index contributed by atoms with van der Waals surface area (Å²) in [5.41, 5.74) is 5.47. The molecule has 0 aromatic carbocycles. The third kappa shape index (κ3) is 11.6. The Balaban J connectivity index is 0.00000625. The van der Waals surface area contributed by atoms with Crippen LogP contribution in [0.15, 0.2) is 9.98 Å². The van der Waals surface area contributed by atoms with E-state index in [1.54, 1.807) is 0 Å². The second-order valence-electron chi connectivity index (χ2n) is 7.90. The van der Waals surface area contributed by atoms with Crippen LogP contribution in [-0.4, -0.2) is 36.1 Å².